The van der Waals surface area contributed by atoms with Gasteiger partial charge in [0.05, 0.1) is 23.4 Å². The molecule has 274 valence electrons. The van der Waals surface area contributed by atoms with Crippen molar-refractivity contribution < 1.29 is 13.6 Å². The highest BCUT2D eigenvalue weighted by Gasteiger charge is 2.33. The van der Waals surface area contributed by atoms with E-state index in [1.54, 1.807) is 11.3 Å². The van der Waals surface area contributed by atoms with Crippen LogP contribution in [0.15, 0.2) is 54.6 Å². The fraction of sp³-hybridized carbons (Fsp3) is 0.636. The molecule has 0 aliphatic carbocycles. The van der Waals surface area contributed by atoms with E-state index in [0.29, 0.717) is 13.2 Å². The minimum absolute atomic E-state index is 0.0598. The van der Waals surface area contributed by atoms with Crippen LogP contribution in [-0.2, 0) is 24.4 Å². The summed E-state index contributed by atoms with van der Waals surface area (Å²) in [6.45, 7) is 18.9. The van der Waals surface area contributed by atoms with E-state index in [2.05, 4.69) is 110 Å². The molecule has 0 aliphatic rings. The summed E-state index contributed by atoms with van der Waals surface area (Å²) in [7, 11) is -3.59. The number of hydrogen-bond donors (Lipinski definition) is 0. The second-order valence-electron chi connectivity index (χ2n) is 16.1. The summed E-state index contributed by atoms with van der Waals surface area (Å²) >= 11 is 1.70. The standard InChI is InChI=1S/C44H69O3PS/c1-9-11-13-15-17-19-21-23-33-46-48(45,47-34-24-22-20-18-16-14-12-10-2)40-35-41(36-25-29-38(30-26-36)43(3,4)5)49-42(40)37-27-31-39(32-28-37)44(6,7)8/h25-32,35H,9-24,33-34H2,1-8H3. The van der Waals surface area contributed by atoms with Gasteiger partial charge < -0.3 is 9.05 Å². The molecule has 0 fully saturated rings. The van der Waals surface area contributed by atoms with Crippen LogP contribution in [0.4, 0.5) is 0 Å². The Labute approximate surface area is 305 Å². The van der Waals surface area contributed by atoms with Gasteiger partial charge in [0, 0.05) is 4.88 Å². The maximum Gasteiger partial charge on any atom is 0.362 e. The van der Waals surface area contributed by atoms with Crippen molar-refractivity contribution in [3.63, 3.8) is 0 Å². The Hall–Kier alpha value is -1.71. The van der Waals surface area contributed by atoms with Crippen molar-refractivity contribution in [2.45, 2.75) is 169 Å². The third-order valence-corrected chi connectivity index (χ3v) is 12.9. The third-order valence-electron chi connectivity index (χ3n) is 9.57. The van der Waals surface area contributed by atoms with Crippen molar-refractivity contribution in [2.75, 3.05) is 13.2 Å². The van der Waals surface area contributed by atoms with Crippen LogP contribution < -0.4 is 5.30 Å². The summed E-state index contributed by atoms with van der Waals surface area (Å²) < 4.78 is 27.9. The lowest BCUT2D eigenvalue weighted by Gasteiger charge is -2.21. The van der Waals surface area contributed by atoms with E-state index < -0.39 is 7.60 Å². The third kappa shape index (κ3) is 14.1. The molecule has 0 bridgehead atoms. The van der Waals surface area contributed by atoms with Crippen LogP contribution >= 0.6 is 18.9 Å². The highest BCUT2D eigenvalue weighted by atomic mass is 32.1. The van der Waals surface area contributed by atoms with Crippen molar-refractivity contribution >= 4 is 24.2 Å². The Morgan fingerprint density at radius 1 is 0.531 bits per heavy atom. The van der Waals surface area contributed by atoms with Crippen LogP contribution in [0, 0.1) is 0 Å². The van der Waals surface area contributed by atoms with E-state index in [4.69, 9.17) is 9.05 Å². The number of rotatable bonds is 23. The molecule has 0 N–H and O–H groups in total. The van der Waals surface area contributed by atoms with Crippen molar-refractivity contribution in [3.05, 3.63) is 65.7 Å². The van der Waals surface area contributed by atoms with Gasteiger partial charge in [-0.25, -0.2) is 0 Å². The number of benzene rings is 2. The number of thiophene rings is 1. The van der Waals surface area contributed by atoms with Gasteiger partial charge in [0.2, 0.25) is 0 Å². The van der Waals surface area contributed by atoms with Crippen molar-refractivity contribution in [1.82, 2.24) is 0 Å². The van der Waals surface area contributed by atoms with Gasteiger partial charge in [-0.3, -0.25) is 4.57 Å². The largest absolute Gasteiger partial charge is 0.362 e. The summed E-state index contributed by atoms with van der Waals surface area (Å²) in [5.74, 6) is 0. The predicted molar refractivity (Wildman–Crippen MR) is 217 cm³/mol. The lowest BCUT2D eigenvalue weighted by Crippen LogP contribution is -2.13. The van der Waals surface area contributed by atoms with Crippen LogP contribution in [0.5, 0.6) is 0 Å². The molecule has 0 saturated carbocycles. The van der Waals surface area contributed by atoms with E-state index in [9.17, 15) is 0 Å². The molecule has 1 heterocycles. The highest BCUT2D eigenvalue weighted by molar-refractivity contribution is 7.63. The quantitative estimate of drug-likeness (QED) is 0.0727. The molecule has 0 atom stereocenters. The van der Waals surface area contributed by atoms with E-state index in [1.165, 1.54) is 88.2 Å². The Balaban J connectivity index is 1.88. The molecule has 3 aromatic rings. The zero-order valence-corrected chi connectivity index (χ0v) is 34.2. The van der Waals surface area contributed by atoms with Gasteiger partial charge in [0.15, 0.2) is 0 Å². The molecule has 3 nitrogen and oxygen atoms in total. The molecule has 2 aromatic carbocycles. The van der Waals surface area contributed by atoms with Crippen molar-refractivity contribution in [1.29, 1.82) is 0 Å². The summed E-state index contributed by atoms with van der Waals surface area (Å²) in [6, 6.07) is 19.8. The summed E-state index contributed by atoms with van der Waals surface area (Å²) in [6.07, 6.45) is 19.4. The molecule has 0 saturated heterocycles. The van der Waals surface area contributed by atoms with Crippen LogP contribution in [-0.4, -0.2) is 13.2 Å². The first kappa shape index (κ1) is 41.7. The van der Waals surface area contributed by atoms with Gasteiger partial charge in [-0.15, -0.1) is 11.3 Å². The van der Waals surface area contributed by atoms with Crippen LogP contribution in [0.3, 0.4) is 0 Å². The lowest BCUT2D eigenvalue weighted by molar-refractivity contribution is 0.206. The smallest absolute Gasteiger partial charge is 0.305 e. The van der Waals surface area contributed by atoms with Crippen LogP contribution in [0.25, 0.3) is 20.9 Å². The molecule has 0 radical (unpaired) electrons. The molecule has 49 heavy (non-hydrogen) atoms. The van der Waals surface area contributed by atoms with Crippen LogP contribution in [0.2, 0.25) is 0 Å². The average molecular weight is 709 g/mol. The van der Waals surface area contributed by atoms with Gasteiger partial charge in [0.1, 0.15) is 0 Å². The zero-order valence-electron chi connectivity index (χ0n) is 32.5. The topological polar surface area (TPSA) is 35.5 Å². The molecule has 0 aliphatic heterocycles. The zero-order chi connectivity index (χ0) is 35.8. The molecule has 0 amide bonds. The lowest BCUT2D eigenvalue weighted by atomic mass is 9.86. The van der Waals surface area contributed by atoms with E-state index >= 15 is 4.57 Å². The van der Waals surface area contributed by atoms with Gasteiger partial charge >= 0.3 is 7.60 Å². The SMILES string of the molecule is CCCCCCCCCCOP(=O)(OCCCCCCCCCC)c1cc(-c2ccc(C(C)(C)C)cc2)sc1-c1ccc(C(C)(C)C)cc1. The maximum atomic E-state index is 15.0. The molecule has 1 aromatic heterocycles. The second kappa shape index (κ2) is 21.0. The normalized spacial score (nSPS) is 12.6. The average Bonchev–Trinajstić information content (AvgIpc) is 3.53. The van der Waals surface area contributed by atoms with Crippen molar-refractivity contribution in [3.8, 4) is 20.9 Å². The Kier molecular flexibility index (Phi) is 17.8. The monoisotopic (exact) mass is 708 g/mol. The van der Waals surface area contributed by atoms with Gasteiger partial charge in [-0.2, -0.15) is 0 Å². The minimum Gasteiger partial charge on any atom is -0.305 e. The van der Waals surface area contributed by atoms with Gasteiger partial charge in [-0.1, -0.05) is 194 Å². The first-order valence-electron chi connectivity index (χ1n) is 19.6. The summed E-state index contributed by atoms with van der Waals surface area (Å²) in [5.41, 5.74) is 4.93. The van der Waals surface area contributed by atoms with Crippen LogP contribution in [0.1, 0.15) is 169 Å². The highest BCUT2D eigenvalue weighted by Crippen LogP contribution is 2.53. The Morgan fingerprint density at radius 3 is 1.29 bits per heavy atom. The molecular formula is C44H69O3PS. The number of unbranched alkanes of at least 4 members (excludes halogenated alkanes) is 14. The first-order valence-corrected chi connectivity index (χ1v) is 22.0. The Bertz CT molecular complexity index is 1350. The first-order chi connectivity index (χ1) is 23.4. The van der Waals surface area contributed by atoms with E-state index in [1.807, 2.05) is 0 Å². The molecule has 0 unspecified atom stereocenters. The summed E-state index contributed by atoms with van der Waals surface area (Å²) in [4.78, 5) is 2.09. The Morgan fingerprint density at radius 2 is 0.898 bits per heavy atom. The van der Waals surface area contributed by atoms with Gasteiger partial charge in [-0.05, 0) is 52.0 Å². The molecule has 5 heteroatoms. The molecule has 3 rings (SSSR count). The number of hydrogen-bond acceptors (Lipinski definition) is 4. The van der Waals surface area contributed by atoms with Gasteiger partial charge in [0.25, 0.3) is 0 Å². The predicted octanol–water partition coefficient (Wildman–Crippen LogP) is 14.8. The maximum absolute atomic E-state index is 15.0. The molecule has 0 spiro atoms. The minimum atomic E-state index is -3.59. The fourth-order valence-corrected chi connectivity index (χ4v) is 9.59. The summed E-state index contributed by atoms with van der Waals surface area (Å²) in [5, 5.41) is 0.718. The molecular weight excluding hydrogens is 640 g/mol. The second-order valence-corrected chi connectivity index (χ2v) is 19.1. The van der Waals surface area contributed by atoms with E-state index in [-0.39, 0.29) is 10.8 Å². The van der Waals surface area contributed by atoms with E-state index in [0.717, 1.165) is 51.9 Å². The van der Waals surface area contributed by atoms with Crippen molar-refractivity contribution in [2.24, 2.45) is 0 Å². The fourth-order valence-electron chi connectivity index (χ4n) is 6.21.